The van der Waals surface area contributed by atoms with E-state index in [4.69, 9.17) is 0 Å². The van der Waals surface area contributed by atoms with Gasteiger partial charge < -0.3 is 4.57 Å². The number of hydrogen-bond donors (Lipinski definition) is 0. The number of fused-ring (bicyclic) bond motifs is 3. The Morgan fingerprint density at radius 1 is 1.25 bits per heavy atom. The number of aromatic nitrogens is 1. The number of azo groups is 1. The molecule has 0 saturated carbocycles. The number of hydrogen-bond acceptors (Lipinski definition) is 2. The average molecular weight is 157 g/mol. The van der Waals surface area contributed by atoms with E-state index in [2.05, 4.69) is 33.0 Å². The van der Waals surface area contributed by atoms with Crippen LogP contribution in [-0.4, -0.2) is 4.57 Å². The Morgan fingerprint density at radius 3 is 3.17 bits per heavy atom. The molecule has 0 amide bonds. The van der Waals surface area contributed by atoms with Gasteiger partial charge in [0.1, 0.15) is 6.67 Å². The molecule has 2 aromatic rings. The maximum absolute atomic E-state index is 4.02. The summed E-state index contributed by atoms with van der Waals surface area (Å²) in [5.41, 5.74) is 1.22. The summed E-state index contributed by atoms with van der Waals surface area (Å²) in [6.45, 7) is 0.669. The van der Waals surface area contributed by atoms with Crippen LogP contribution in [-0.2, 0) is 6.67 Å². The molecule has 0 aliphatic carbocycles. The van der Waals surface area contributed by atoms with Crippen molar-refractivity contribution in [3.05, 3.63) is 30.3 Å². The predicted octanol–water partition coefficient (Wildman–Crippen LogP) is 2.70. The van der Waals surface area contributed by atoms with Crippen LogP contribution < -0.4 is 0 Å². The van der Waals surface area contributed by atoms with E-state index < -0.39 is 0 Å². The van der Waals surface area contributed by atoms with Gasteiger partial charge in [0.05, 0.1) is 5.52 Å². The maximum Gasteiger partial charge on any atom is 0.157 e. The van der Waals surface area contributed by atoms with Crippen LogP contribution in [0.5, 0.6) is 0 Å². The molecule has 1 aromatic heterocycles. The fourth-order valence-corrected chi connectivity index (χ4v) is 1.59. The highest BCUT2D eigenvalue weighted by molar-refractivity contribution is 5.84. The second kappa shape index (κ2) is 1.94. The van der Waals surface area contributed by atoms with Crippen LogP contribution in [0.4, 0.5) is 5.82 Å². The van der Waals surface area contributed by atoms with Crippen molar-refractivity contribution in [2.24, 2.45) is 10.2 Å². The van der Waals surface area contributed by atoms with Gasteiger partial charge in [0.2, 0.25) is 0 Å². The van der Waals surface area contributed by atoms with Gasteiger partial charge in [-0.2, -0.15) is 5.11 Å². The van der Waals surface area contributed by atoms with E-state index in [0.717, 1.165) is 5.82 Å². The number of benzene rings is 1. The molecule has 58 valence electrons. The van der Waals surface area contributed by atoms with Gasteiger partial charge >= 0.3 is 0 Å². The predicted molar refractivity (Wildman–Crippen MR) is 46.5 cm³/mol. The smallest absolute Gasteiger partial charge is 0.157 e. The zero-order chi connectivity index (χ0) is 7.97. The Labute approximate surface area is 69.3 Å². The molecular formula is C9H7N3. The minimum absolute atomic E-state index is 0.669. The lowest BCUT2D eigenvalue weighted by molar-refractivity contribution is 0.806. The van der Waals surface area contributed by atoms with Crippen LogP contribution in [0.25, 0.3) is 10.9 Å². The highest BCUT2D eigenvalue weighted by atomic mass is 15.3. The van der Waals surface area contributed by atoms with E-state index in [9.17, 15) is 0 Å². The van der Waals surface area contributed by atoms with Crippen molar-refractivity contribution in [2.45, 2.75) is 6.67 Å². The van der Waals surface area contributed by atoms with Crippen LogP contribution in [0.15, 0.2) is 40.6 Å². The molecule has 3 nitrogen and oxygen atoms in total. The molecule has 0 atom stereocenters. The second-order valence-electron chi connectivity index (χ2n) is 2.87. The van der Waals surface area contributed by atoms with Crippen molar-refractivity contribution in [2.75, 3.05) is 0 Å². The topological polar surface area (TPSA) is 29.6 Å². The van der Waals surface area contributed by atoms with E-state index in [0.29, 0.717) is 6.67 Å². The Morgan fingerprint density at radius 2 is 2.17 bits per heavy atom. The second-order valence-corrected chi connectivity index (χ2v) is 2.87. The quantitative estimate of drug-likeness (QED) is 0.562. The van der Waals surface area contributed by atoms with Crippen molar-refractivity contribution < 1.29 is 0 Å². The molecule has 12 heavy (non-hydrogen) atoms. The molecule has 0 unspecified atom stereocenters. The van der Waals surface area contributed by atoms with Crippen LogP contribution in [0.3, 0.4) is 0 Å². The first-order chi connectivity index (χ1) is 5.95. The van der Waals surface area contributed by atoms with Gasteiger partial charge in [-0.1, -0.05) is 18.2 Å². The van der Waals surface area contributed by atoms with Gasteiger partial charge in [-0.3, -0.25) is 0 Å². The molecule has 0 bridgehead atoms. The highest BCUT2D eigenvalue weighted by Crippen LogP contribution is 2.29. The third kappa shape index (κ3) is 0.605. The first-order valence-corrected chi connectivity index (χ1v) is 3.91. The summed E-state index contributed by atoms with van der Waals surface area (Å²) < 4.78 is 2.11. The third-order valence-corrected chi connectivity index (χ3v) is 2.17. The maximum atomic E-state index is 4.02. The average Bonchev–Trinajstić information content (AvgIpc) is 2.62. The lowest BCUT2D eigenvalue weighted by Gasteiger charge is -1.95. The summed E-state index contributed by atoms with van der Waals surface area (Å²) in [7, 11) is 0. The minimum Gasteiger partial charge on any atom is -0.302 e. The lowest BCUT2D eigenvalue weighted by Crippen LogP contribution is -1.87. The first-order valence-electron chi connectivity index (χ1n) is 3.91. The van der Waals surface area contributed by atoms with Crippen LogP contribution in [0, 0.1) is 0 Å². The standard InChI is InChI=1S/C9H7N3/c1-2-4-8-7(3-1)5-9-11-10-6-12(8)9/h1-5H,6H2. The molecule has 3 heteroatoms. The molecule has 0 saturated heterocycles. The molecule has 0 fully saturated rings. The van der Waals surface area contributed by atoms with Crippen molar-refractivity contribution in [1.29, 1.82) is 0 Å². The van der Waals surface area contributed by atoms with Gasteiger partial charge in [-0.15, -0.1) is 5.11 Å². The molecule has 2 heterocycles. The van der Waals surface area contributed by atoms with Gasteiger partial charge in [-0.25, -0.2) is 0 Å². The van der Waals surface area contributed by atoms with E-state index >= 15 is 0 Å². The lowest BCUT2D eigenvalue weighted by atomic mass is 10.2. The molecule has 0 spiro atoms. The van der Waals surface area contributed by atoms with Gasteiger partial charge in [-0.05, 0) is 12.1 Å². The normalized spacial score (nSPS) is 14.0. The highest BCUT2D eigenvalue weighted by Gasteiger charge is 2.10. The molecule has 0 N–H and O–H groups in total. The Bertz CT molecular complexity index is 468. The summed E-state index contributed by atoms with van der Waals surface area (Å²) in [5.74, 6) is 0.969. The van der Waals surface area contributed by atoms with Gasteiger partial charge in [0, 0.05) is 5.39 Å². The summed E-state index contributed by atoms with van der Waals surface area (Å²) in [5, 5.41) is 9.22. The molecule has 1 aliphatic rings. The summed E-state index contributed by atoms with van der Waals surface area (Å²) in [4.78, 5) is 0. The van der Waals surface area contributed by atoms with Crippen LogP contribution in [0.1, 0.15) is 0 Å². The first kappa shape index (κ1) is 5.94. The molecule has 1 aromatic carbocycles. The van der Waals surface area contributed by atoms with Crippen LogP contribution in [0.2, 0.25) is 0 Å². The van der Waals surface area contributed by atoms with E-state index in [1.165, 1.54) is 10.9 Å². The van der Waals surface area contributed by atoms with E-state index in [1.807, 2.05) is 12.1 Å². The van der Waals surface area contributed by atoms with Crippen molar-refractivity contribution in [1.82, 2.24) is 4.57 Å². The Kier molecular flexibility index (Phi) is 0.961. The van der Waals surface area contributed by atoms with E-state index in [1.54, 1.807) is 0 Å². The summed E-state index contributed by atoms with van der Waals surface area (Å²) in [6.07, 6.45) is 0. The number of rotatable bonds is 0. The molecule has 1 aliphatic heterocycles. The molecular weight excluding hydrogens is 150 g/mol. The largest absolute Gasteiger partial charge is 0.302 e. The van der Waals surface area contributed by atoms with Crippen molar-refractivity contribution in [3.8, 4) is 0 Å². The summed E-state index contributed by atoms with van der Waals surface area (Å²) in [6, 6.07) is 10.3. The number of para-hydroxylation sites is 1. The van der Waals surface area contributed by atoms with Gasteiger partial charge in [0.25, 0.3) is 0 Å². The van der Waals surface area contributed by atoms with Crippen molar-refractivity contribution in [3.63, 3.8) is 0 Å². The minimum atomic E-state index is 0.669. The Balaban J connectivity index is 2.49. The third-order valence-electron chi connectivity index (χ3n) is 2.17. The fourth-order valence-electron chi connectivity index (χ4n) is 1.59. The monoisotopic (exact) mass is 157 g/mol. The summed E-state index contributed by atoms with van der Waals surface area (Å²) >= 11 is 0. The van der Waals surface area contributed by atoms with E-state index in [-0.39, 0.29) is 0 Å². The SMILES string of the molecule is c1ccc2c(c1)cc1n2CN=N1. The molecule has 0 radical (unpaired) electrons. The number of nitrogens with zero attached hydrogens (tertiary/aromatic N) is 3. The van der Waals surface area contributed by atoms with Crippen molar-refractivity contribution >= 4 is 16.7 Å². The molecule has 3 rings (SSSR count). The van der Waals surface area contributed by atoms with Crippen LogP contribution >= 0.6 is 0 Å². The zero-order valence-electron chi connectivity index (χ0n) is 6.44. The Hall–Kier alpha value is -1.64. The fraction of sp³-hybridized carbons (Fsp3) is 0.111. The van der Waals surface area contributed by atoms with Gasteiger partial charge in [0.15, 0.2) is 5.82 Å². The zero-order valence-corrected chi connectivity index (χ0v) is 6.44.